The minimum atomic E-state index is 0.127. The van der Waals surface area contributed by atoms with Crippen molar-refractivity contribution in [1.82, 2.24) is 0 Å². The summed E-state index contributed by atoms with van der Waals surface area (Å²) in [5, 5.41) is 0. The fraction of sp³-hybridized carbons (Fsp3) is 0.154. The molecule has 0 spiro atoms. The summed E-state index contributed by atoms with van der Waals surface area (Å²) in [6.07, 6.45) is 0.447. The number of Topliss-reactive ketones (excluding diaryl/α,β-unsaturated/α-hetero) is 1. The molecule has 2 nitrogen and oxygen atoms in total. The van der Waals surface area contributed by atoms with Gasteiger partial charge in [-0.1, -0.05) is 0 Å². The highest BCUT2D eigenvalue weighted by molar-refractivity contribution is 9.11. The zero-order valence-corrected chi connectivity index (χ0v) is 11.7. The molecule has 17 heavy (non-hydrogen) atoms. The van der Waals surface area contributed by atoms with E-state index in [4.69, 9.17) is 4.74 Å². The van der Waals surface area contributed by atoms with E-state index in [9.17, 15) is 4.79 Å². The fourth-order valence-corrected chi connectivity index (χ4v) is 2.97. The van der Waals surface area contributed by atoms with Crippen LogP contribution < -0.4 is 4.74 Å². The van der Waals surface area contributed by atoms with Crippen LogP contribution in [0, 0.1) is 0 Å². The molecule has 1 heterocycles. The highest BCUT2D eigenvalue weighted by Crippen LogP contribution is 2.23. The Balaban J connectivity index is 2.09. The molecule has 0 atom stereocenters. The van der Waals surface area contributed by atoms with Gasteiger partial charge in [0.1, 0.15) is 5.75 Å². The SMILES string of the molecule is COc1ccc(C(=O)Cc2ccc(Br)s2)cc1. The lowest BCUT2D eigenvalue weighted by atomic mass is 10.1. The van der Waals surface area contributed by atoms with E-state index in [-0.39, 0.29) is 5.78 Å². The van der Waals surface area contributed by atoms with Gasteiger partial charge < -0.3 is 4.74 Å². The van der Waals surface area contributed by atoms with Crippen LogP contribution in [0.15, 0.2) is 40.2 Å². The summed E-state index contributed by atoms with van der Waals surface area (Å²) in [6, 6.07) is 11.1. The van der Waals surface area contributed by atoms with E-state index in [1.807, 2.05) is 12.1 Å². The average Bonchev–Trinajstić information content (AvgIpc) is 2.75. The lowest BCUT2D eigenvalue weighted by molar-refractivity contribution is 0.0994. The first-order valence-electron chi connectivity index (χ1n) is 5.10. The molecule has 0 aliphatic heterocycles. The Morgan fingerprint density at radius 1 is 1.24 bits per heavy atom. The van der Waals surface area contributed by atoms with Gasteiger partial charge in [-0.3, -0.25) is 4.79 Å². The quantitative estimate of drug-likeness (QED) is 0.799. The average molecular weight is 311 g/mol. The lowest BCUT2D eigenvalue weighted by Gasteiger charge is -2.01. The Kier molecular flexibility index (Phi) is 3.97. The number of thiophene rings is 1. The van der Waals surface area contributed by atoms with Gasteiger partial charge >= 0.3 is 0 Å². The maximum atomic E-state index is 12.0. The van der Waals surface area contributed by atoms with Crippen LogP contribution in [-0.4, -0.2) is 12.9 Å². The van der Waals surface area contributed by atoms with Crippen molar-refractivity contribution in [2.75, 3.05) is 7.11 Å². The molecule has 2 rings (SSSR count). The second kappa shape index (κ2) is 5.47. The third-order valence-corrected chi connectivity index (χ3v) is 4.00. The zero-order chi connectivity index (χ0) is 12.3. The molecule has 0 saturated heterocycles. The van der Waals surface area contributed by atoms with Crippen molar-refractivity contribution in [3.8, 4) is 5.75 Å². The monoisotopic (exact) mass is 310 g/mol. The van der Waals surface area contributed by atoms with Crippen LogP contribution in [0.2, 0.25) is 0 Å². The van der Waals surface area contributed by atoms with Crippen molar-refractivity contribution < 1.29 is 9.53 Å². The fourth-order valence-electron chi connectivity index (χ4n) is 1.48. The summed E-state index contributed by atoms with van der Waals surface area (Å²) in [5.74, 6) is 0.891. The first-order chi connectivity index (χ1) is 8.19. The van der Waals surface area contributed by atoms with E-state index in [1.54, 1.807) is 42.7 Å². The number of ether oxygens (including phenoxy) is 1. The van der Waals surface area contributed by atoms with Crippen LogP contribution in [0.1, 0.15) is 15.2 Å². The van der Waals surface area contributed by atoms with Crippen molar-refractivity contribution in [2.24, 2.45) is 0 Å². The third kappa shape index (κ3) is 3.17. The highest BCUT2D eigenvalue weighted by atomic mass is 79.9. The van der Waals surface area contributed by atoms with Crippen molar-refractivity contribution in [2.45, 2.75) is 6.42 Å². The van der Waals surface area contributed by atoms with Gasteiger partial charge in [0.15, 0.2) is 5.78 Å². The molecule has 4 heteroatoms. The number of hydrogen-bond acceptors (Lipinski definition) is 3. The number of halogens is 1. The minimum absolute atomic E-state index is 0.127. The molecule has 0 unspecified atom stereocenters. The molecule has 0 aliphatic carbocycles. The molecule has 0 aliphatic rings. The van der Waals surface area contributed by atoms with Crippen LogP contribution in [0.4, 0.5) is 0 Å². The molecule has 0 bridgehead atoms. The maximum absolute atomic E-state index is 12.0. The van der Waals surface area contributed by atoms with Crippen LogP contribution in [0.25, 0.3) is 0 Å². The summed E-state index contributed by atoms with van der Waals surface area (Å²) in [4.78, 5) is 13.0. The predicted octanol–water partition coefficient (Wildman–Crippen LogP) is 3.94. The van der Waals surface area contributed by atoms with Crippen LogP contribution in [-0.2, 0) is 6.42 Å². The second-order valence-corrected chi connectivity index (χ2v) is 6.08. The number of carbonyl (C=O) groups excluding carboxylic acids is 1. The van der Waals surface area contributed by atoms with Gasteiger partial charge in [0.25, 0.3) is 0 Å². The molecular formula is C13H11BrO2S. The minimum Gasteiger partial charge on any atom is -0.497 e. The van der Waals surface area contributed by atoms with Gasteiger partial charge in [0.2, 0.25) is 0 Å². The Bertz CT molecular complexity index is 516. The van der Waals surface area contributed by atoms with E-state index in [0.29, 0.717) is 6.42 Å². The number of carbonyl (C=O) groups is 1. The van der Waals surface area contributed by atoms with Crippen LogP contribution in [0.3, 0.4) is 0 Å². The molecule has 0 radical (unpaired) electrons. The highest BCUT2D eigenvalue weighted by Gasteiger charge is 2.08. The molecule has 0 saturated carbocycles. The smallest absolute Gasteiger partial charge is 0.168 e. The molecule has 0 amide bonds. The third-order valence-electron chi connectivity index (χ3n) is 2.38. The number of rotatable bonds is 4. The molecule has 88 valence electrons. The molecule has 1 aromatic heterocycles. The lowest BCUT2D eigenvalue weighted by Crippen LogP contribution is -2.01. The maximum Gasteiger partial charge on any atom is 0.168 e. The van der Waals surface area contributed by atoms with Crippen molar-refractivity contribution in [1.29, 1.82) is 0 Å². The standard InChI is InChI=1S/C13H11BrO2S/c1-16-10-4-2-9(3-5-10)12(15)8-11-6-7-13(14)17-11/h2-7H,8H2,1H3. The van der Waals surface area contributed by atoms with Gasteiger partial charge in [0, 0.05) is 16.9 Å². The zero-order valence-electron chi connectivity index (χ0n) is 9.27. The van der Waals surface area contributed by atoms with Gasteiger partial charge in [0.05, 0.1) is 10.9 Å². The number of ketones is 1. The van der Waals surface area contributed by atoms with E-state index in [2.05, 4.69) is 15.9 Å². The summed E-state index contributed by atoms with van der Waals surface area (Å²) in [7, 11) is 1.61. The Hall–Kier alpha value is -1.13. The molecule has 0 fully saturated rings. The second-order valence-electron chi connectivity index (χ2n) is 3.53. The van der Waals surface area contributed by atoms with Crippen molar-refractivity contribution in [3.05, 3.63) is 50.6 Å². The topological polar surface area (TPSA) is 26.3 Å². The molecular weight excluding hydrogens is 300 g/mol. The van der Waals surface area contributed by atoms with Crippen LogP contribution in [0.5, 0.6) is 5.75 Å². The number of benzene rings is 1. The summed E-state index contributed by atoms with van der Waals surface area (Å²) >= 11 is 4.98. The Morgan fingerprint density at radius 3 is 2.47 bits per heavy atom. The van der Waals surface area contributed by atoms with E-state index in [1.165, 1.54) is 0 Å². The van der Waals surface area contributed by atoms with Gasteiger partial charge in [-0.05, 0) is 52.3 Å². The van der Waals surface area contributed by atoms with E-state index < -0.39 is 0 Å². The molecule has 1 aromatic carbocycles. The molecule has 0 N–H and O–H groups in total. The Labute approximate surface area is 112 Å². The molecule has 2 aromatic rings. The predicted molar refractivity (Wildman–Crippen MR) is 73.0 cm³/mol. The van der Waals surface area contributed by atoms with Gasteiger partial charge in [-0.2, -0.15) is 0 Å². The normalized spacial score (nSPS) is 10.2. The summed E-state index contributed by atoms with van der Waals surface area (Å²) in [6.45, 7) is 0. The van der Waals surface area contributed by atoms with E-state index >= 15 is 0 Å². The van der Waals surface area contributed by atoms with Crippen molar-refractivity contribution >= 4 is 33.0 Å². The summed E-state index contributed by atoms with van der Waals surface area (Å²) in [5.41, 5.74) is 0.718. The largest absolute Gasteiger partial charge is 0.497 e. The summed E-state index contributed by atoms with van der Waals surface area (Å²) < 4.78 is 6.11. The van der Waals surface area contributed by atoms with Gasteiger partial charge in [-0.15, -0.1) is 11.3 Å². The first kappa shape index (κ1) is 12.3. The number of hydrogen-bond donors (Lipinski definition) is 0. The first-order valence-corrected chi connectivity index (χ1v) is 6.71. The van der Waals surface area contributed by atoms with E-state index in [0.717, 1.165) is 20.0 Å². The van der Waals surface area contributed by atoms with Crippen molar-refractivity contribution in [3.63, 3.8) is 0 Å². The Morgan fingerprint density at radius 2 is 1.94 bits per heavy atom. The van der Waals surface area contributed by atoms with Crippen LogP contribution >= 0.6 is 27.3 Å². The number of methoxy groups -OCH3 is 1. The van der Waals surface area contributed by atoms with Gasteiger partial charge in [-0.25, -0.2) is 0 Å².